The maximum atomic E-state index is 13.3. The third-order valence-electron chi connectivity index (χ3n) is 6.17. The highest BCUT2D eigenvalue weighted by molar-refractivity contribution is 5.81. The van der Waals surface area contributed by atoms with E-state index in [1.807, 2.05) is 77.0 Å². The van der Waals surface area contributed by atoms with Gasteiger partial charge in [0, 0.05) is 51.2 Å². The number of carbonyl (C=O) groups is 2. The van der Waals surface area contributed by atoms with Gasteiger partial charge in [-0.15, -0.1) is 0 Å². The predicted molar refractivity (Wildman–Crippen MR) is 128 cm³/mol. The number of rotatable bonds is 8. The number of nitrogens with zero attached hydrogens (tertiary/aromatic N) is 4. The number of nitrogens with one attached hydrogen (secondary N) is 1. The van der Waals surface area contributed by atoms with Crippen LogP contribution in [0.4, 0.5) is 5.69 Å². The second kappa shape index (κ2) is 10.3. The molecule has 2 amide bonds. The average Bonchev–Trinajstić information content (AvgIpc) is 3.26. The number of amides is 2. The molecular weight excluding hydrogens is 414 g/mol. The van der Waals surface area contributed by atoms with Crippen LogP contribution in [0.3, 0.4) is 0 Å². The maximum absolute atomic E-state index is 13.3. The third kappa shape index (κ3) is 5.42. The molecule has 0 bridgehead atoms. The normalized spacial score (nSPS) is 12.8. The van der Waals surface area contributed by atoms with Crippen LogP contribution < -0.4 is 5.32 Å². The Morgan fingerprint density at radius 1 is 1.09 bits per heavy atom. The molecule has 0 saturated heterocycles. The number of imidazole rings is 1. The molecule has 1 aliphatic rings. The number of hydrogen-bond donors (Lipinski definition) is 1. The molecule has 2 heterocycles. The molecule has 0 spiro atoms. The number of carbonyl (C=O) groups excluding carboxylic acids is 2. The molecular formula is C26H31N5O2. The summed E-state index contributed by atoms with van der Waals surface area (Å²) in [5, 5.41) is 3.37. The number of aryl methyl sites for hydroxylation is 1. The minimum Gasteiger partial charge on any atom is -0.376 e. The summed E-state index contributed by atoms with van der Waals surface area (Å²) in [6, 6.07) is 16.1. The first-order chi connectivity index (χ1) is 16.0. The van der Waals surface area contributed by atoms with E-state index in [0.717, 1.165) is 29.1 Å². The van der Waals surface area contributed by atoms with Crippen LogP contribution >= 0.6 is 0 Å². The lowest BCUT2D eigenvalue weighted by Gasteiger charge is -2.30. The second-order valence-corrected chi connectivity index (χ2v) is 8.41. The highest BCUT2D eigenvalue weighted by atomic mass is 16.2. The van der Waals surface area contributed by atoms with Gasteiger partial charge in [-0.1, -0.05) is 49.4 Å². The summed E-state index contributed by atoms with van der Waals surface area (Å²) >= 11 is 0. The van der Waals surface area contributed by atoms with Crippen LogP contribution in [0.2, 0.25) is 0 Å². The molecule has 172 valence electrons. The maximum Gasteiger partial charge on any atom is 0.242 e. The van der Waals surface area contributed by atoms with Crippen LogP contribution in [0.25, 0.3) is 0 Å². The van der Waals surface area contributed by atoms with Gasteiger partial charge in [-0.3, -0.25) is 9.59 Å². The standard InChI is InChI=1S/C26H31N5O2/c1-3-25(32)30-14-12-22-21(18-30)10-7-11-23(22)28-16-26(33)31(17-20-8-5-4-6-9-20)19-24-27-13-15-29(24)2/h4-11,13,15,28H,3,12,14,16-19H2,1-2H3. The lowest BCUT2D eigenvalue weighted by molar-refractivity contribution is -0.132. The lowest BCUT2D eigenvalue weighted by atomic mass is 9.97. The molecule has 1 aliphatic heterocycles. The summed E-state index contributed by atoms with van der Waals surface area (Å²) in [6.07, 6.45) is 4.96. The average molecular weight is 446 g/mol. The molecule has 33 heavy (non-hydrogen) atoms. The van der Waals surface area contributed by atoms with E-state index in [2.05, 4.69) is 16.4 Å². The fourth-order valence-corrected chi connectivity index (χ4v) is 4.25. The fourth-order valence-electron chi connectivity index (χ4n) is 4.25. The van der Waals surface area contributed by atoms with E-state index in [-0.39, 0.29) is 18.4 Å². The number of hydrogen-bond acceptors (Lipinski definition) is 4. The van der Waals surface area contributed by atoms with Crippen molar-refractivity contribution in [3.63, 3.8) is 0 Å². The smallest absolute Gasteiger partial charge is 0.242 e. The molecule has 0 aliphatic carbocycles. The minimum absolute atomic E-state index is 0.0121. The van der Waals surface area contributed by atoms with Crippen molar-refractivity contribution < 1.29 is 9.59 Å². The van der Waals surface area contributed by atoms with Crippen molar-refractivity contribution in [2.24, 2.45) is 7.05 Å². The first kappa shape index (κ1) is 22.6. The Balaban J connectivity index is 1.46. The van der Waals surface area contributed by atoms with Crippen molar-refractivity contribution in [1.29, 1.82) is 0 Å². The van der Waals surface area contributed by atoms with Crippen LogP contribution in [0.15, 0.2) is 60.9 Å². The molecule has 1 aromatic heterocycles. The summed E-state index contributed by atoms with van der Waals surface area (Å²) in [7, 11) is 1.94. The molecule has 1 N–H and O–H groups in total. The van der Waals surface area contributed by atoms with Gasteiger partial charge in [-0.2, -0.15) is 0 Å². The van der Waals surface area contributed by atoms with Gasteiger partial charge >= 0.3 is 0 Å². The van der Waals surface area contributed by atoms with Crippen LogP contribution in [0.1, 0.15) is 35.9 Å². The van der Waals surface area contributed by atoms with Crippen molar-refractivity contribution in [2.45, 2.75) is 39.4 Å². The van der Waals surface area contributed by atoms with E-state index in [1.165, 1.54) is 5.56 Å². The van der Waals surface area contributed by atoms with Gasteiger partial charge in [0.1, 0.15) is 5.82 Å². The van der Waals surface area contributed by atoms with Crippen molar-refractivity contribution >= 4 is 17.5 Å². The Morgan fingerprint density at radius 3 is 2.64 bits per heavy atom. The van der Waals surface area contributed by atoms with Gasteiger partial charge in [0.05, 0.1) is 13.1 Å². The number of anilines is 1. The monoisotopic (exact) mass is 445 g/mol. The highest BCUT2D eigenvalue weighted by Gasteiger charge is 2.22. The molecule has 7 heteroatoms. The quantitative estimate of drug-likeness (QED) is 0.577. The Bertz CT molecular complexity index is 1110. The van der Waals surface area contributed by atoms with Crippen molar-refractivity contribution in [3.8, 4) is 0 Å². The highest BCUT2D eigenvalue weighted by Crippen LogP contribution is 2.26. The van der Waals surface area contributed by atoms with E-state index in [4.69, 9.17) is 0 Å². The van der Waals surface area contributed by atoms with E-state index in [1.54, 1.807) is 6.20 Å². The zero-order chi connectivity index (χ0) is 23.2. The predicted octanol–water partition coefficient (Wildman–Crippen LogP) is 3.36. The molecule has 4 rings (SSSR count). The summed E-state index contributed by atoms with van der Waals surface area (Å²) in [5.74, 6) is 1.04. The minimum atomic E-state index is 0.0121. The van der Waals surface area contributed by atoms with Gasteiger partial charge in [0.2, 0.25) is 11.8 Å². The Hall–Kier alpha value is -3.61. The zero-order valence-electron chi connectivity index (χ0n) is 19.3. The molecule has 3 aromatic rings. The largest absolute Gasteiger partial charge is 0.376 e. The van der Waals surface area contributed by atoms with Gasteiger partial charge < -0.3 is 19.7 Å². The van der Waals surface area contributed by atoms with Crippen LogP contribution in [-0.2, 0) is 42.7 Å². The van der Waals surface area contributed by atoms with E-state index >= 15 is 0 Å². The van der Waals surface area contributed by atoms with Gasteiger partial charge in [-0.25, -0.2) is 4.98 Å². The number of aromatic nitrogens is 2. The molecule has 0 fully saturated rings. The molecule has 2 aromatic carbocycles. The number of fused-ring (bicyclic) bond motifs is 1. The zero-order valence-corrected chi connectivity index (χ0v) is 19.3. The fraction of sp³-hybridized carbons (Fsp3) is 0.346. The molecule has 0 radical (unpaired) electrons. The number of benzene rings is 2. The lowest BCUT2D eigenvalue weighted by Crippen LogP contribution is -2.37. The summed E-state index contributed by atoms with van der Waals surface area (Å²) in [6.45, 7) is 4.41. The van der Waals surface area contributed by atoms with Gasteiger partial charge in [0.25, 0.3) is 0 Å². The van der Waals surface area contributed by atoms with Gasteiger partial charge in [0.15, 0.2) is 0 Å². The van der Waals surface area contributed by atoms with Gasteiger partial charge in [-0.05, 0) is 29.2 Å². The summed E-state index contributed by atoms with van der Waals surface area (Å²) in [4.78, 5) is 33.5. The SMILES string of the molecule is CCC(=O)N1CCc2c(cccc2NCC(=O)N(Cc2ccccc2)Cc2nccn2C)C1. The van der Waals surface area contributed by atoms with Crippen molar-refractivity contribution in [1.82, 2.24) is 19.4 Å². The molecule has 0 unspecified atom stereocenters. The summed E-state index contributed by atoms with van der Waals surface area (Å²) < 4.78 is 1.94. The van der Waals surface area contributed by atoms with Crippen molar-refractivity contribution in [2.75, 3.05) is 18.4 Å². The van der Waals surface area contributed by atoms with Crippen LogP contribution in [-0.4, -0.2) is 44.3 Å². The molecule has 0 atom stereocenters. The Kier molecular flexibility index (Phi) is 7.07. The van der Waals surface area contributed by atoms with Crippen LogP contribution in [0.5, 0.6) is 0 Å². The van der Waals surface area contributed by atoms with E-state index in [0.29, 0.717) is 32.6 Å². The van der Waals surface area contributed by atoms with E-state index < -0.39 is 0 Å². The van der Waals surface area contributed by atoms with E-state index in [9.17, 15) is 9.59 Å². The first-order valence-corrected chi connectivity index (χ1v) is 11.5. The van der Waals surface area contributed by atoms with Crippen molar-refractivity contribution in [3.05, 3.63) is 83.4 Å². The Labute approximate surface area is 195 Å². The van der Waals surface area contributed by atoms with Crippen LogP contribution in [0, 0.1) is 0 Å². The Morgan fingerprint density at radius 2 is 1.91 bits per heavy atom. The topological polar surface area (TPSA) is 70.5 Å². The first-order valence-electron chi connectivity index (χ1n) is 11.5. The third-order valence-corrected chi connectivity index (χ3v) is 6.17. The molecule has 0 saturated carbocycles. The summed E-state index contributed by atoms with van der Waals surface area (Å²) in [5.41, 5.74) is 4.40. The second-order valence-electron chi connectivity index (χ2n) is 8.41. The molecule has 7 nitrogen and oxygen atoms in total.